The van der Waals surface area contributed by atoms with Gasteiger partial charge in [0.2, 0.25) is 5.41 Å². The molecule has 0 radical (unpaired) electrons. The molecule has 47 heavy (non-hydrogen) atoms. The molecule has 4 rings (SSSR count). The third-order valence-corrected chi connectivity index (χ3v) is 8.04. The Kier molecular flexibility index (Phi) is 10.5. The van der Waals surface area contributed by atoms with Crippen LogP contribution in [0.25, 0.3) is 0 Å². The predicted molar refractivity (Wildman–Crippen MR) is 163 cm³/mol. The number of unbranched alkanes of at least 4 members (excludes halogenated alkanes) is 2. The van der Waals surface area contributed by atoms with Gasteiger partial charge in [-0.05, 0) is 48.2 Å². The molecule has 2 aromatic heterocycles. The first-order chi connectivity index (χ1) is 22.1. The second-order valence-electron chi connectivity index (χ2n) is 11.4. The Morgan fingerprint density at radius 3 is 1.60 bits per heavy atom. The van der Waals surface area contributed by atoms with Crippen molar-refractivity contribution in [2.24, 2.45) is 14.1 Å². The van der Waals surface area contributed by atoms with Crippen molar-refractivity contribution in [3.8, 4) is 0 Å². The number of imidazole rings is 2. The number of hydrogen-bond acceptors (Lipinski definition) is 2. The number of nitrogens with zero attached hydrogens (tertiary/aromatic N) is 4. The van der Waals surface area contributed by atoms with Crippen LogP contribution in [-0.4, -0.2) is 33.3 Å². The molecular weight excluding hydrogens is 626 g/mol. The molecule has 2 aromatic carbocycles. The third kappa shape index (κ3) is 7.05. The first kappa shape index (κ1) is 35.2. The summed E-state index contributed by atoms with van der Waals surface area (Å²) in [6.45, 7) is 5.03. The molecule has 0 aliphatic rings. The number of anilines is 2. The van der Waals surface area contributed by atoms with E-state index in [1.54, 1.807) is 52.6 Å². The van der Waals surface area contributed by atoms with Gasteiger partial charge in [-0.2, -0.15) is 26.3 Å². The van der Waals surface area contributed by atoms with Crippen molar-refractivity contribution in [2.45, 2.75) is 70.4 Å². The van der Waals surface area contributed by atoms with Crippen LogP contribution in [0.5, 0.6) is 0 Å². The molecule has 14 heteroatoms. The maximum Gasteiger partial charge on any atom is 0.411 e. The molecule has 2 heterocycles. The summed E-state index contributed by atoms with van der Waals surface area (Å²) in [6, 6.07) is 7.13. The van der Waals surface area contributed by atoms with Gasteiger partial charge in [0.15, 0.2) is 0 Å². The van der Waals surface area contributed by atoms with Gasteiger partial charge in [0.1, 0.15) is 24.8 Å². The fourth-order valence-electron chi connectivity index (χ4n) is 5.64. The molecule has 0 atom stereocenters. The monoisotopic (exact) mass is 664 g/mol. The van der Waals surface area contributed by atoms with E-state index in [-0.39, 0.29) is 23.0 Å². The highest BCUT2D eigenvalue weighted by Crippen LogP contribution is 2.56. The quantitative estimate of drug-likeness (QED) is 0.135. The largest absolute Gasteiger partial charge is 0.411 e. The van der Waals surface area contributed by atoms with Gasteiger partial charge in [-0.3, -0.25) is 9.59 Å². The van der Waals surface area contributed by atoms with Crippen molar-refractivity contribution in [1.29, 1.82) is 0 Å². The van der Waals surface area contributed by atoms with Crippen LogP contribution in [-0.2, 0) is 32.6 Å². The molecule has 252 valence electrons. The van der Waals surface area contributed by atoms with Crippen LogP contribution < -0.4 is 19.8 Å². The summed E-state index contributed by atoms with van der Waals surface area (Å²) in [4.78, 5) is 26.2. The van der Waals surface area contributed by atoms with Crippen LogP contribution in [0.2, 0.25) is 0 Å². The highest BCUT2D eigenvalue weighted by atomic mass is 19.4. The second kappa shape index (κ2) is 14.0. The van der Waals surface area contributed by atoms with E-state index in [0.29, 0.717) is 31.3 Å². The van der Waals surface area contributed by atoms with Gasteiger partial charge < -0.3 is 10.6 Å². The summed E-state index contributed by atoms with van der Waals surface area (Å²) in [5.74, 6) is -0.806. The number of halogens is 6. The van der Waals surface area contributed by atoms with Crippen molar-refractivity contribution in [2.75, 3.05) is 10.6 Å². The van der Waals surface area contributed by atoms with Crippen LogP contribution in [0, 0.1) is 0 Å². The predicted octanol–water partition coefficient (Wildman–Crippen LogP) is 6.45. The lowest BCUT2D eigenvalue weighted by Crippen LogP contribution is -2.54. The number of benzene rings is 2. The molecule has 0 saturated heterocycles. The summed E-state index contributed by atoms with van der Waals surface area (Å²) in [7, 11) is 3.27. The minimum absolute atomic E-state index is 0.0141. The SMILES string of the molecule is CCCCn1cc[n+](C)c1C(=O)Nc1ccc(C(c2cccc(NC(=O)c3n(CCCC)cc[n+]3C)c2)(C(F)(F)F)C(F)(F)F)cc1. The van der Waals surface area contributed by atoms with Crippen molar-refractivity contribution < 1.29 is 45.1 Å². The number of nitrogens with one attached hydrogen (secondary N) is 2. The number of carbonyl (C=O) groups excluding carboxylic acids is 2. The number of carbonyl (C=O) groups is 2. The van der Waals surface area contributed by atoms with Gasteiger partial charge in [0.05, 0.1) is 27.2 Å². The maximum absolute atomic E-state index is 14.9. The van der Waals surface area contributed by atoms with Crippen molar-refractivity contribution in [3.05, 3.63) is 96.1 Å². The average Bonchev–Trinajstić information content (AvgIpc) is 3.56. The van der Waals surface area contributed by atoms with Gasteiger partial charge in [-0.15, -0.1) is 0 Å². The van der Waals surface area contributed by atoms with E-state index in [9.17, 15) is 35.9 Å². The summed E-state index contributed by atoms with van der Waals surface area (Å²) < 4.78 is 95.8. The van der Waals surface area contributed by atoms with Crippen LogP contribution in [0.4, 0.5) is 37.7 Å². The number of amides is 2. The molecule has 0 spiro atoms. The molecule has 2 amide bonds. The zero-order valence-corrected chi connectivity index (χ0v) is 26.5. The Balaban J connectivity index is 1.70. The molecule has 2 N–H and O–H groups in total. The van der Waals surface area contributed by atoms with Gasteiger partial charge in [-0.1, -0.05) is 51.0 Å². The molecule has 0 aliphatic carbocycles. The Hall–Kier alpha value is -4.62. The molecule has 4 aromatic rings. The van der Waals surface area contributed by atoms with Gasteiger partial charge in [-0.25, -0.2) is 18.3 Å². The maximum atomic E-state index is 14.9. The van der Waals surface area contributed by atoms with Gasteiger partial charge in [0, 0.05) is 11.4 Å². The number of hydrogen-bond donors (Lipinski definition) is 2. The smallest absolute Gasteiger partial charge is 0.315 e. The number of aryl methyl sites for hydroxylation is 4. The summed E-state index contributed by atoms with van der Waals surface area (Å²) in [6.07, 6.45) is -1.68. The molecule has 0 aliphatic heterocycles. The van der Waals surface area contributed by atoms with Gasteiger partial charge in [0.25, 0.3) is 0 Å². The zero-order chi connectivity index (χ0) is 34.6. The molecule has 0 saturated carbocycles. The van der Waals surface area contributed by atoms with E-state index in [4.69, 9.17) is 0 Å². The topological polar surface area (TPSA) is 75.8 Å². The van der Waals surface area contributed by atoms with Crippen LogP contribution >= 0.6 is 0 Å². The average molecular weight is 665 g/mol. The van der Waals surface area contributed by atoms with E-state index < -0.39 is 40.7 Å². The van der Waals surface area contributed by atoms with Crippen LogP contribution in [0.15, 0.2) is 73.3 Å². The first-order valence-corrected chi connectivity index (χ1v) is 15.2. The highest BCUT2D eigenvalue weighted by molar-refractivity contribution is 6.01. The van der Waals surface area contributed by atoms with E-state index in [2.05, 4.69) is 10.6 Å². The fourth-order valence-corrected chi connectivity index (χ4v) is 5.64. The van der Waals surface area contributed by atoms with E-state index in [1.165, 1.54) is 10.6 Å². The third-order valence-electron chi connectivity index (χ3n) is 8.04. The Bertz CT molecular complexity index is 1690. The fraction of sp³-hybridized carbons (Fsp3) is 0.394. The zero-order valence-electron chi connectivity index (χ0n) is 26.5. The van der Waals surface area contributed by atoms with E-state index in [0.717, 1.165) is 49.9 Å². The number of alkyl halides is 6. The lowest BCUT2D eigenvalue weighted by molar-refractivity contribution is -0.673. The van der Waals surface area contributed by atoms with E-state index in [1.807, 2.05) is 13.8 Å². The van der Waals surface area contributed by atoms with E-state index >= 15 is 0 Å². The van der Waals surface area contributed by atoms with Crippen molar-refractivity contribution in [3.63, 3.8) is 0 Å². The molecule has 8 nitrogen and oxygen atoms in total. The second-order valence-corrected chi connectivity index (χ2v) is 11.4. The minimum atomic E-state index is -5.84. The number of rotatable bonds is 12. The molecule has 0 unspecified atom stereocenters. The summed E-state index contributed by atoms with van der Waals surface area (Å²) in [5, 5.41) is 5.04. The molecule has 0 bridgehead atoms. The standard InChI is InChI=1S/C33H36F6N6O2/c1-5-7-16-44-20-18-42(3)29(44)27(46)40-25-14-12-23(13-15-25)31(32(34,35)36,33(37,38)39)24-10-9-11-26(22-24)41-28(47)30-43(4)19-21-45(30)17-8-6-2/h9-15,18-22H,5-8,16-17H2,1-4H3/p+2. The Labute approximate surface area is 268 Å². The van der Waals surface area contributed by atoms with Crippen LogP contribution in [0.3, 0.4) is 0 Å². The highest BCUT2D eigenvalue weighted by Gasteiger charge is 2.72. The van der Waals surface area contributed by atoms with Crippen LogP contribution in [0.1, 0.15) is 71.9 Å². The molecule has 0 fully saturated rings. The normalized spacial score (nSPS) is 12.3. The lowest BCUT2D eigenvalue weighted by Gasteiger charge is -2.38. The Morgan fingerprint density at radius 1 is 0.681 bits per heavy atom. The first-order valence-electron chi connectivity index (χ1n) is 15.2. The van der Waals surface area contributed by atoms with Crippen molar-refractivity contribution in [1.82, 2.24) is 9.13 Å². The molecular formula is C33H38F6N6O2+2. The number of aromatic nitrogens is 4. The summed E-state index contributed by atoms with van der Waals surface area (Å²) >= 11 is 0. The summed E-state index contributed by atoms with van der Waals surface area (Å²) in [5.41, 5.74) is -6.90. The van der Waals surface area contributed by atoms with Gasteiger partial charge >= 0.3 is 35.8 Å². The minimum Gasteiger partial charge on any atom is -0.315 e. The van der Waals surface area contributed by atoms with Crippen molar-refractivity contribution >= 4 is 23.2 Å². The Morgan fingerprint density at radius 2 is 1.15 bits per heavy atom. The lowest BCUT2D eigenvalue weighted by atomic mass is 9.72.